The van der Waals surface area contributed by atoms with Crippen LogP contribution in [0.25, 0.3) is 0 Å². The zero-order valence-corrected chi connectivity index (χ0v) is 18.7. The van der Waals surface area contributed by atoms with Gasteiger partial charge in [-0.25, -0.2) is 14.3 Å². The van der Waals surface area contributed by atoms with Gasteiger partial charge in [-0.15, -0.1) is 0 Å². The van der Waals surface area contributed by atoms with Gasteiger partial charge in [-0.05, 0) is 59.3 Å². The molecule has 0 saturated heterocycles. The first kappa shape index (κ1) is 23.7. The van der Waals surface area contributed by atoms with Crippen LogP contribution in [0.1, 0.15) is 15.9 Å². The van der Waals surface area contributed by atoms with Gasteiger partial charge in [-0.3, -0.25) is 9.63 Å². The third-order valence-corrected chi connectivity index (χ3v) is 4.73. The Hall–Kier alpha value is -1.53. The van der Waals surface area contributed by atoms with Gasteiger partial charge in [0.1, 0.15) is 0 Å². The van der Waals surface area contributed by atoms with E-state index in [1.165, 1.54) is 0 Å². The van der Waals surface area contributed by atoms with Crippen LogP contribution >= 0.6 is 34.2 Å². The minimum absolute atomic E-state index is 0.0614. The number of rotatable bonds is 10. The highest BCUT2D eigenvalue weighted by Crippen LogP contribution is 2.32. The van der Waals surface area contributed by atoms with E-state index in [0.717, 1.165) is 15.2 Å². The second-order valence-electron chi connectivity index (χ2n) is 5.88. The predicted molar refractivity (Wildman–Crippen MR) is 115 cm³/mol. The molecule has 0 aliphatic rings. The summed E-state index contributed by atoms with van der Waals surface area (Å²) in [5.74, 6) is -3.29. The van der Waals surface area contributed by atoms with Crippen molar-refractivity contribution in [2.75, 3.05) is 38.9 Å². The van der Waals surface area contributed by atoms with Gasteiger partial charge in [0, 0.05) is 16.4 Å². The Labute approximate surface area is 185 Å². The number of hydrogen-bond donors (Lipinski definition) is 2. The maximum Gasteiger partial charge on any atom is 0.277 e. The second-order valence-corrected chi connectivity index (χ2v) is 7.53. The fraction of sp³-hybridized carbons (Fsp3) is 0.316. The smallest absolute Gasteiger partial charge is 0.277 e. The molecule has 6 nitrogen and oxygen atoms in total. The average molecular weight is 541 g/mol. The molecule has 2 rings (SSSR count). The van der Waals surface area contributed by atoms with Crippen molar-refractivity contribution in [3.63, 3.8) is 0 Å². The van der Waals surface area contributed by atoms with Gasteiger partial charge in [-0.1, -0.05) is 11.6 Å². The molecule has 0 aromatic heterocycles. The number of aryl methyl sites for hydroxylation is 1. The third kappa shape index (κ3) is 6.75. The number of methoxy groups -OCH3 is 1. The van der Waals surface area contributed by atoms with Crippen LogP contribution in [-0.4, -0.2) is 39.4 Å². The van der Waals surface area contributed by atoms with E-state index in [0.29, 0.717) is 18.9 Å². The number of benzene rings is 2. The summed E-state index contributed by atoms with van der Waals surface area (Å²) in [5, 5.41) is 2.26. The SMILES string of the molecule is COCCOCCONC(=O)c1cc(Cl)c(F)c(F)c1Nc1ccc(I)cc1C. The fourth-order valence-corrected chi connectivity index (χ4v) is 3.15. The highest BCUT2D eigenvalue weighted by Gasteiger charge is 2.23. The van der Waals surface area contributed by atoms with E-state index in [1.54, 1.807) is 26.2 Å². The van der Waals surface area contributed by atoms with Crippen molar-refractivity contribution in [3.8, 4) is 0 Å². The number of amides is 1. The standard InChI is InChI=1S/C19H20ClF2IN2O4/c1-11-9-12(23)3-4-15(11)24-18-13(10-14(20)16(21)17(18)22)19(26)25-29-8-7-28-6-5-27-2/h3-4,9-10,24H,5-8H2,1-2H3,(H,25,26). The molecule has 0 atom stereocenters. The number of ether oxygens (including phenoxy) is 2. The normalized spacial score (nSPS) is 10.8. The molecule has 2 aromatic carbocycles. The van der Waals surface area contributed by atoms with Crippen molar-refractivity contribution < 1.29 is 27.9 Å². The zero-order chi connectivity index (χ0) is 21.4. The van der Waals surface area contributed by atoms with Gasteiger partial charge in [0.25, 0.3) is 5.91 Å². The van der Waals surface area contributed by atoms with E-state index in [9.17, 15) is 13.6 Å². The molecule has 0 spiro atoms. The molecule has 0 aliphatic carbocycles. The van der Waals surface area contributed by atoms with E-state index < -0.39 is 22.6 Å². The number of hydroxylamine groups is 1. The summed E-state index contributed by atoms with van der Waals surface area (Å²) < 4.78 is 39.6. The third-order valence-electron chi connectivity index (χ3n) is 3.78. The van der Waals surface area contributed by atoms with Gasteiger partial charge >= 0.3 is 0 Å². The van der Waals surface area contributed by atoms with Crippen molar-refractivity contribution in [2.24, 2.45) is 0 Å². The number of nitrogens with one attached hydrogen (secondary N) is 2. The molecule has 0 heterocycles. The second kappa shape index (κ2) is 11.6. The van der Waals surface area contributed by atoms with Crippen LogP contribution in [0.5, 0.6) is 0 Å². The molecule has 2 N–H and O–H groups in total. The highest BCUT2D eigenvalue weighted by molar-refractivity contribution is 14.1. The molecule has 0 aliphatic heterocycles. The van der Waals surface area contributed by atoms with Gasteiger partial charge in [-0.2, -0.15) is 0 Å². The molecule has 0 unspecified atom stereocenters. The summed E-state index contributed by atoms with van der Waals surface area (Å²) >= 11 is 7.86. The quantitative estimate of drug-likeness (QED) is 0.200. The Morgan fingerprint density at radius 2 is 1.86 bits per heavy atom. The van der Waals surface area contributed by atoms with Gasteiger partial charge < -0.3 is 14.8 Å². The van der Waals surface area contributed by atoms with E-state index in [2.05, 4.69) is 33.4 Å². The summed E-state index contributed by atoms with van der Waals surface area (Å²) in [4.78, 5) is 17.5. The lowest BCUT2D eigenvalue weighted by molar-refractivity contribution is -0.00936. The lowest BCUT2D eigenvalue weighted by atomic mass is 10.1. The van der Waals surface area contributed by atoms with Crippen LogP contribution in [0.2, 0.25) is 5.02 Å². The molecule has 0 bridgehead atoms. The molecular weight excluding hydrogens is 521 g/mol. The molecule has 1 amide bonds. The molecule has 10 heteroatoms. The molecule has 0 saturated carbocycles. The van der Waals surface area contributed by atoms with Gasteiger partial charge in [0.15, 0.2) is 11.6 Å². The first-order valence-electron chi connectivity index (χ1n) is 8.54. The van der Waals surface area contributed by atoms with Gasteiger partial charge in [0.2, 0.25) is 0 Å². The summed E-state index contributed by atoms with van der Waals surface area (Å²) in [6.45, 7) is 2.91. The number of hydrogen-bond acceptors (Lipinski definition) is 5. The molecule has 0 fully saturated rings. The summed E-state index contributed by atoms with van der Waals surface area (Å²) in [5.41, 5.74) is 2.95. The monoisotopic (exact) mass is 540 g/mol. The fourth-order valence-electron chi connectivity index (χ4n) is 2.31. The van der Waals surface area contributed by atoms with E-state index in [-0.39, 0.29) is 24.5 Å². The maximum absolute atomic E-state index is 14.6. The lowest BCUT2D eigenvalue weighted by Crippen LogP contribution is -2.27. The van der Waals surface area contributed by atoms with E-state index >= 15 is 0 Å². The lowest BCUT2D eigenvalue weighted by Gasteiger charge is -2.16. The minimum atomic E-state index is -1.26. The predicted octanol–water partition coefficient (Wildman–Crippen LogP) is 4.60. The summed E-state index contributed by atoms with van der Waals surface area (Å²) in [7, 11) is 1.55. The Kier molecular flexibility index (Phi) is 9.50. The van der Waals surface area contributed by atoms with Crippen LogP contribution in [-0.2, 0) is 14.3 Å². The van der Waals surface area contributed by atoms with Crippen molar-refractivity contribution in [1.29, 1.82) is 0 Å². The number of carbonyl (C=O) groups excluding carboxylic acids is 1. The first-order chi connectivity index (χ1) is 13.8. The van der Waals surface area contributed by atoms with E-state index in [1.807, 2.05) is 6.07 Å². The Morgan fingerprint density at radius 1 is 1.14 bits per heavy atom. The topological polar surface area (TPSA) is 68.8 Å². The Morgan fingerprint density at radius 3 is 2.55 bits per heavy atom. The van der Waals surface area contributed by atoms with Crippen LogP contribution in [0.4, 0.5) is 20.2 Å². The van der Waals surface area contributed by atoms with Crippen molar-refractivity contribution in [1.82, 2.24) is 5.48 Å². The maximum atomic E-state index is 14.6. The molecular formula is C19H20ClF2IN2O4. The van der Waals surface area contributed by atoms with Crippen molar-refractivity contribution in [2.45, 2.75) is 6.92 Å². The Bertz CT molecular complexity index is 871. The number of halogens is 4. The summed E-state index contributed by atoms with van der Waals surface area (Å²) in [6.07, 6.45) is 0. The molecule has 158 valence electrons. The van der Waals surface area contributed by atoms with Crippen molar-refractivity contribution in [3.05, 3.63) is 55.6 Å². The molecule has 2 aromatic rings. The minimum Gasteiger partial charge on any atom is -0.382 e. The summed E-state index contributed by atoms with van der Waals surface area (Å²) in [6, 6.07) is 6.41. The van der Waals surface area contributed by atoms with Crippen LogP contribution in [0.15, 0.2) is 24.3 Å². The van der Waals surface area contributed by atoms with Crippen LogP contribution in [0, 0.1) is 22.1 Å². The average Bonchev–Trinajstić information content (AvgIpc) is 2.69. The Balaban J connectivity index is 2.15. The molecule has 0 radical (unpaired) electrons. The highest BCUT2D eigenvalue weighted by atomic mass is 127. The number of carbonyl (C=O) groups is 1. The first-order valence-corrected chi connectivity index (χ1v) is 10.00. The zero-order valence-electron chi connectivity index (χ0n) is 15.8. The van der Waals surface area contributed by atoms with Crippen LogP contribution in [0.3, 0.4) is 0 Å². The van der Waals surface area contributed by atoms with Crippen molar-refractivity contribution >= 4 is 51.5 Å². The largest absolute Gasteiger partial charge is 0.382 e. The van der Waals surface area contributed by atoms with Crippen LogP contribution < -0.4 is 10.8 Å². The number of anilines is 2. The van der Waals surface area contributed by atoms with Gasteiger partial charge in [0.05, 0.1) is 42.7 Å². The van der Waals surface area contributed by atoms with E-state index in [4.69, 9.17) is 25.9 Å². The molecule has 29 heavy (non-hydrogen) atoms.